The van der Waals surface area contributed by atoms with Crippen LogP contribution in [0.25, 0.3) is 0 Å². The van der Waals surface area contributed by atoms with E-state index in [9.17, 15) is 19.2 Å². The smallest absolute Gasteiger partial charge is 0.158 e. The van der Waals surface area contributed by atoms with Gasteiger partial charge < -0.3 is 20.4 Å². The summed E-state index contributed by atoms with van der Waals surface area (Å²) in [6.07, 6.45) is 2.93. The molecule has 0 bridgehead atoms. The number of phenols is 4. The third-order valence-electron chi connectivity index (χ3n) is 5.53. The normalized spacial score (nSPS) is 9.30. The second-order valence-electron chi connectivity index (χ2n) is 8.66. The highest BCUT2D eigenvalue weighted by Gasteiger charge is 1.98. The maximum Gasteiger partial charge on any atom is 0.158 e. The minimum absolute atomic E-state index is 0.171. The lowest BCUT2D eigenvalue weighted by Gasteiger charge is -1.97. The molecule has 0 aliphatic carbocycles. The summed E-state index contributed by atoms with van der Waals surface area (Å²) in [6, 6.07) is 19.1. The Labute approximate surface area is 232 Å². The van der Waals surface area contributed by atoms with Crippen LogP contribution in [0.5, 0.6) is 23.0 Å². The predicted octanol–water partition coefficient (Wildman–Crippen LogP) is 6.05. The Morgan fingerprint density at radius 2 is 0.750 bits per heavy atom. The zero-order valence-corrected chi connectivity index (χ0v) is 22.7. The summed E-state index contributed by atoms with van der Waals surface area (Å²) in [5.41, 5.74) is 6.10. The van der Waals surface area contributed by atoms with Gasteiger partial charge in [-0.1, -0.05) is 24.3 Å². The summed E-state index contributed by atoms with van der Waals surface area (Å²) in [7, 11) is 0. The molecule has 0 aliphatic heterocycles. The molecular formula is C32H32O8. The Kier molecular flexibility index (Phi) is 13.6. The topological polar surface area (TPSA) is 149 Å². The largest absolute Gasteiger partial charge is 0.508 e. The van der Waals surface area contributed by atoms with Gasteiger partial charge in [-0.25, -0.2) is 0 Å². The van der Waals surface area contributed by atoms with Gasteiger partial charge in [-0.05, 0) is 98.5 Å². The summed E-state index contributed by atoms with van der Waals surface area (Å²) in [5.74, 6) is -0.0922. The van der Waals surface area contributed by atoms with E-state index < -0.39 is 0 Å². The molecule has 0 unspecified atom stereocenters. The molecule has 40 heavy (non-hydrogen) atoms. The van der Waals surface area contributed by atoms with E-state index in [0.717, 1.165) is 29.3 Å². The Morgan fingerprint density at radius 1 is 0.375 bits per heavy atom. The summed E-state index contributed by atoms with van der Waals surface area (Å²) in [6.45, 7) is 7.57. The van der Waals surface area contributed by atoms with Gasteiger partial charge in [-0.2, -0.15) is 0 Å². The average molecular weight is 545 g/mol. The predicted molar refractivity (Wildman–Crippen MR) is 153 cm³/mol. The van der Waals surface area contributed by atoms with Gasteiger partial charge in [0.25, 0.3) is 0 Å². The van der Waals surface area contributed by atoms with Gasteiger partial charge in [0.1, 0.15) is 36.6 Å². The van der Waals surface area contributed by atoms with Crippen LogP contribution < -0.4 is 0 Å². The van der Waals surface area contributed by atoms with Crippen molar-refractivity contribution >= 4 is 25.1 Å². The van der Waals surface area contributed by atoms with Crippen LogP contribution in [0, 0.1) is 27.7 Å². The lowest BCUT2D eigenvalue weighted by atomic mass is 10.1. The number of aryl methyl sites for hydroxylation is 4. The first-order chi connectivity index (χ1) is 18.9. The molecule has 4 aromatic carbocycles. The van der Waals surface area contributed by atoms with Crippen LogP contribution in [0.1, 0.15) is 63.7 Å². The third kappa shape index (κ3) is 11.0. The number of benzene rings is 4. The number of carbonyl (C=O) groups excluding carboxylic acids is 4. The van der Waals surface area contributed by atoms with Crippen molar-refractivity contribution in [2.75, 3.05) is 0 Å². The van der Waals surface area contributed by atoms with E-state index >= 15 is 0 Å². The van der Waals surface area contributed by atoms with Crippen molar-refractivity contribution in [3.8, 4) is 23.0 Å². The van der Waals surface area contributed by atoms with E-state index in [-0.39, 0.29) is 23.0 Å². The van der Waals surface area contributed by atoms with E-state index in [1.54, 1.807) is 38.1 Å². The SMILES string of the molecule is Cc1cc(C=O)ccc1O.Cc1ccc(C=O)cc1C.Cc1ccc(C=O)cc1O.O=Cc1ccc(O)c(O)c1. The molecule has 0 aliphatic rings. The van der Waals surface area contributed by atoms with Crippen molar-refractivity contribution in [1.82, 2.24) is 0 Å². The van der Waals surface area contributed by atoms with Gasteiger partial charge in [0.05, 0.1) is 0 Å². The maximum atomic E-state index is 10.3. The van der Waals surface area contributed by atoms with Crippen LogP contribution >= 0.6 is 0 Å². The first kappa shape index (κ1) is 32.8. The number of aldehydes is 4. The highest BCUT2D eigenvalue weighted by atomic mass is 16.3. The minimum Gasteiger partial charge on any atom is -0.508 e. The molecule has 4 aromatic rings. The molecule has 4 rings (SSSR count). The van der Waals surface area contributed by atoms with Gasteiger partial charge in [0.2, 0.25) is 0 Å². The molecule has 0 spiro atoms. The zero-order valence-electron chi connectivity index (χ0n) is 22.7. The fourth-order valence-corrected chi connectivity index (χ4v) is 2.90. The lowest BCUT2D eigenvalue weighted by molar-refractivity contribution is 0.111. The van der Waals surface area contributed by atoms with Crippen LogP contribution in [-0.2, 0) is 0 Å². The van der Waals surface area contributed by atoms with E-state index in [1.807, 2.05) is 32.0 Å². The van der Waals surface area contributed by atoms with E-state index in [4.69, 9.17) is 20.4 Å². The first-order valence-corrected chi connectivity index (χ1v) is 11.9. The Hall–Kier alpha value is -5.24. The fourth-order valence-electron chi connectivity index (χ4n) is 2.90. The second-order valence-corrected chi connectivity index (χ2v) is 8.66. The molecule has 0 saturated carbocycles. The highest BCUT2D eigenvalue weighted by molar-refractivity contribution is 5.77. The number of phenolic OH excluding ortho intramolecular Hbond substituents is 4. The van der Waals surface area contributed by atoms with Crippen LogP contribution in [-0.4, -0.2) is 45.6 Å². The number of aromatic hydroxyl groups is 4. The highest BCUT2D eigenvalue weighted by Crippen LogP contribution is 2.23. The summed E-state index contributed by atoms with van der Waals surface area (Å²) < 4.78 is 0. The second kappa shape index (κ2) is 16.6. The van der Waals surface area contributed by atoms with Crippen LogP contribution in [0.3, 0.4) is 0 Å². The number of carbonyl (C=O) groups is 4. The Balaban J connectivity index is 0.000000267. The molecule has 0 amide bonds. The third-order valence-corrected chi connectivity index (χ3v) is 5.53. The van der Waals surface area contributed by atoms with Crippen molar-refractivity contribution in [1.29, 1.82) is 0 Å². The van der Waals surface area contributed by atoms with Crippen LogP contribution in [0.15, 0.2) is 72.8 Å². The van der Waals surface area contributed by atoms with Crippen molar-refractivity contribution < 1.29 is 39.6 Å². The maximum absolute atomic E-state index is 10.3. The molecule has 8 nitrogen and oxygen atoms in total. The molecule has 0 heterocycles. The number of hydrogen-bond donors (Lipinski definition) is 4. The number of rotatable bonds is 4. The molecule has 0 fully saturated rings. The van der Waals surface area contributed by atoms with Gasteiger partial charge in [-0.15, -0.1) is 0 Å². The molecule has 0 radical (unpaired) electrons. The fraction of sp³-hybridized carbons (Fsp3) is 0.125. The average Bonchev–Trinajstić information content (AvgIpc) is 2.95. The minimum atomic E-state index is -0.274. The lowest BCUT2D eigenvalue weighted by Crippen LogP contribution is -1.84. The van der Waals surface area contributed by atoms with Crippen molar-refractivity contribution in [2.24, 2.45) is 0 Å². The molecule has 0 atom stereocenters. The van der Waals surface area contributed by atoms with Gasteiger partial charge in [0, 0.05) is 22.3 Å². The monoisotopic (exact) mass is 544 g/mol. The van der Waals surface area contributed by atoms with Crippen LogP contribution in [0.2, 0.25) is 0 Å². The zero-order chi connectivity index (χ0) is 30.2. The summed E-state index contributed by atoms with van der Waals surface area (Å²) >= 11 is 0. The van der Waals surface area contributed by atoms with E-state index in [2.05, 4.69) is 0 Å². The van der Waals surface area contributed by atoms with Gasteiger partial charge in [0.15, 0.2) is 11.5 Å². The Bertz CT molecular complexity index is 1240. The van der Waals surface area contributed by atoms with Crippen molar-refractivity contribution in [2.45, 2.75) is 27.7 Å². The summed E-state index contributed by atoms with van der Waals surface area (Å²) in [4.78, 5) is 40.7. The first-order valence-electron chi connectivity index (χ1n) is 11.9. The molecule has 208 valence electrons. The van der Waals surface area contributed by atoms with Gasteiger partial charge in [-0.3, -0.25) is 19.2 Å². The van der Waals surface area contributed by atoms with E-state index in [0.29, 0.717) is 29.3 Å². The van der Waals surface area contributed by atoms with E-state index in [1.165, 1.54) is 41.5 Å². The Morgan fingerprint density at radius 3 is 1.15 bits per heavy atom. The molecule has 4 N–H and O–H groups in total. The number of hydrogen-bond acceptors (Lipinski definition) is 8. The standard InChI is InChI=1S/C9H10O.2C8H8O2.C7H6O3/c1-7-3-4-9(6-10)5-8(7)2;1-6-4-7(5-9)2-3-8(6)10;1-6-2-3-7(5-9)4-8(6)10;8-4-5-1-2-6(9)7(10)3-5/h3-6H,1-2H3;2*2-5,10H,1H3;1-4,9-10H. The van der Waals surface area contributed by atoms with Crippen molar-refractivity contribution in [3.05, 3.63) is 117 Å². The summed E-state index contributed by atoms with van der Waals surface area (Å²) in [5, 5.41) is 35.7. The van der Waals surface area contributed by atoms with Gasteiger partial charge >= 0.3 is 0 Å². The molecule has 8 heteroatoms. The molecular weight excluding hydrogens is 512 g/mol. The molecule has 0 saturated heterocycles. The molecule has 0 aromatic heterocycles. The quantitative estimate of drug-likeness (QED) is 0.179. The van der Waals surface area contributed by atoms with Crippen molar-refractivity contribution in [3.63, 3.8) is 0 Å². The van der Waals surface area contributed by atoms with Crippen LogP contribution in [0.4, 0.5) is 0 Å².